The van der Waals surface area contributed by atoms with E-state index < -0.39 is 4.92 Å². The standard InChI is InChI=1S/C14H10N2O4/c15-8-11-7-13(4-5-14(11)16(18)19)20-12-3-1-2-10(6-12)9-17/h1-7,17H,9H2. The Kier molecular flexibility index (Phi) is 3.93. The monoisotopic (exact) mass is 270 g/mol. The molecule has 0 unspecified atom stereocenters. The summed E-state index contributed by atoms with van der Waals surface area (Å²) in [5, 5.41) is 28.7. The lowest BCUT2D eigenvalue weighted by Gasteiger charge is -2.07. The van der Waals surface area contributed by atoms with Gasteiger partial charge in [0.25, 0.3) is 5.69 Å². The van der Waals surface area contributed by atoms with Gasteiger partial charge in [-0.15, -0.1) is 0 Å². The van der Waals surface area contributed by atoms with Gasteiger partial charge in [-0.05, 0) is 23.8 Å². The van der Waals surface area contributed by atoms with Gasteiger partial charge < -0.3 is 9.84 Å². The van der Waals surface area contributed by atoms with Crippen molar-refractivity contribution in [2.24, 2.45) is 0 Å². The van der Waals surface area contributed by atoms with E-state index in [-0.39, 0.29) is 17.9 Å². The molecule has 0 aromatic heterocycles. The van der Waals surface area contributed by atoms with Gasteiger partial charge in [-0.2, -0.15) is 5.26 Å². The topological polar surface area (TPSA) is 96.4 Å². The van der Waals surface area contributed by atoms with E-state index in [4.69, 9.17) is 15.1 Å². The molecule has 1 N–H and O–H groups in total. The third-order valence-corrected chi connectivity index (χ3v) is 2.60. The molecule has 0 saturated heterocycles. The van der Waals surface area contributed by atoms with Gasteiger partial charge in [0.05, 0.1) is 11.5 Å². The second-order valence-electron chi connectivity index (χ2n) is 3.96. The summed E-state index contributed by atoms with van der Waals surface area (Å²) in [5.41, 5.74) is 0.361. The second-order valence-corrected chi connectivity index (χ2v) is 3.96. The van der Waals surface area contributed by atoms with Crippen LogP contribution in [0.4, 0.5) is 5.69 Å². The molecule has 0 bridgehead atoms. The van der Waals surface area contributed by atoms with Crippen molar-refractivity contribution >= 4 is 5.69 Å². The van der Waals surface area contributed by atoms with Crippen molar-refractivity contribution in [2.45, 2.75) is 6.61 Å². The van der Waals surface area contributed by atoms with E-state index in [2.05, 4.69) is 0 Å². The van der Waals surface area contributed by atoms with Crippen LogP contribution in [0.5, 0.6) is 11.5 Å². The summed E-state index contributed by atoms with van der Waals surface area (Å²) in [6.07, 6.45) is 0. The van der Waals surface area contributed by atoms with Gasteiger partial charge in [-0.25, -0.2) is 0 Å². The van der Waals surface area contributed by atoms with Crippen LogP contribution < -0.4 is 4.74 Å². The number of nitro benzene ring substituents is 1. The Morgan fingerprint density at radius 3 is 2.65 bits per heavy atom. The van der Waals surface area contributed by atoms with Crippen LogP contribution in [0.3, 0.4) is 0 Å². The molecule has 0 fully saturated rings. The number of nitro groups is 1. The zero-order chi connectivity index (χ0) is 14.5. The molecule has 0 saturated carbocycles. The third-order valence-electron chi connectivity index (χ3n) is 2.60. The van der Waals surface area contributed by atoms with Gasteiger partial charge in [0, 0.05) is 12.1 Å². The van der Waals surface area contributed by atoms with E-state index in [0.717, 1.165) is 0 Å². The van der Waals surface area contributed by atoms with Crippen LogP contribution in [-0.2, 0) is 6.61 Å². The molecular formula is C14H10N2O4. The van der Waals surface area contributed by atoms with E-state index in [0.29, 0.717) is 17.1 Å². The van der Waals surface area contributed by atoms with Gasteiger partial charge in [0.2, 0.25) is 0 Å². The fourth-order valence-corrected chi connectivity index (χ4v) is 1.67. The Labute approximate surface area is 114 Å². The first-order valence-corrected chi connectivity index (χ1v) is 5.70. The first-order chi connectivity index (χ1) is 9.63. The van der Waals surface area contributed by atoms with Gasteiger partial charge in [0.1, 0.15) is 23.1 Å². The van der Waals surface area contributed by atoms with Crippen molar-refractivity contribution in [2.75, 3.05) is 0 Å². The maximum atomic E-state index is 10.7. The predicted molar refractivity (Wildman–Crippen MR) is 70.3 cm³/mol. The van der Waals surface area contributed by atoms with Crippen LogP contribution >= 0.6 is 0 Å². The number of hydrogen-bond acceptors (Lipinski definition) is 5. The molecule has 0 spiro atoms. The molecule has 0 aliphatic carbocycles. The second kappa shape index (κ2) is 5.82. The zero-order valence-corrected chi connectivity index (χ0v) is 10.3. The van der Waals surface area contributed by atoms with Crippen molar-refractivity contribution in [3.05, 3.63) is 63.7 Å². The van der Waals surface area contributed by atoms with E-state index in [1.165, 1.54) is 18.2 Å². The summed E-state index contributed by atoms with van der Waals surface area (Å²) in [4.78, 5) is 10.1. The smallest absolute Gasteiger partial charge is 0.287 e. The van der Waals surface area contributed by atoms with E-state index in [1.54, 1.807) is 30.3 Å². The van der Waals surface area contributed by atoms with Gasteiger partial charge >= 0.3 is 0 Å². The number of benzene rings is 2. The van der Waals surface area contributed by atoms with Crippen LogP contribution in [0.25, 0.3) is 0 Å². The number of aliphatic hydroxyl groups is 1. The van der Waals surface area contributed by atoms with Crippen molar-refractivity contribution in [3.63, 3.8) is 0 Å². The summed E-state index contributed by atoms with van der Waals surface area (Å²) < 4.78 is 5.51. The van der Waals surface area contributed by atoms with Crippen LogP contribution in [0, 0.1) is 21.4 Å². The summed E-state index contributed by atoms with van der Waals surface area (Å²) in [6, 6.07) is 12.5. The maximum Gasteiger partial charge on any atom is 0.287 e. The first kappa shape index (κ1) is 13.5. The highest BCUT2D eigenvalue weighted by Crippen LogP contribution is 2.27. The van der Waals surface area contributed by atoms with Crippen molar-refractivity contribution in [1.29, 1.82) is 5.26 Å². The molecule has 0 aliphatic heterocycles. The zero-order valence-electron chi connectivity index (χ0n) is 10.3. The van der Waals surface area contributed by atoms with E-state index >= 15 is 0 Å². The number of hydrogen-bond donors (Lipinski definition) is 1. The lowest BCUT2D eigenvalue weighted by Crippen LogP contribution is -1.93. The fourth-order valence-electron chi connectivity index (χ4n) is 1.67. The molecule has 0 heterocycles. The average Bonchev–Trinajstić information content (AvgIpc) is 2.47. The molecule has 100 valence electrons. The summed E-state index contributed by atoms with van der Waals surface area (Å²) in [5.74, 6) is 0.802. The quantitative estimate of drug-likeness (QED) is 0.680. The van der Waals surface area contributed by atoms with Gasteiger partial charge in [-0.1, -0.05) is 12.1 Å². The van der Waals surface area contributed by atoms with Crippen molar-refractivity contribution < 1.29 is 14.8 Å². The number of rotatable bonds is 4. The van der Waals surface area contributed by atoms with Gasteiger partial charge in [-0.3, -0.25) is 10.1 Å². The molecule has 6 nitrogen and oxygen atoms in total. The van der Waals surface area contributed by atoms with Gasteiger partial charge in [0.15, 0.2) is 0 Å². The van der Waals surface area contributed by atoms with Crippen LogP contribution in [0.1, 0.15) is 11.1 Å². The first-order valence-electron chi connectivity index (χ1n) is 5.70. The Bertz CT molecular complexity index is 692. The summed E-state index contributed by atoms with van der Waals surface area (Å²) in [7, 11) is 0. The average molecular weight is 270 g/mol. The highest BCUT2D eigenvalue weighted by molar-refractivity contribution is 5.52. The Morgan fingerprint density at radius 2 is 2.00 bits per heavy atom. The minimum absolute atomic E-state index is 0.0641. The maximum absolute atomic E-state index is 10.7. The minimum Gasteiger partial charge on any atom is -0.457 e. The molecule has 20 heavy (non-hydrogen) atoms. The van der Waals surface area contributed by atoms with Crippen LogP contribution in [0.2, 0.25) is 0 Å². The van der Waals surface area contributed by atoms with Crippen molar-refractivity contribution in [3.8, 4) is 17.6 Å². The normalized spacial score (nSPS) is 9.80. The minimum atomic E-state index is -0.616. The number of ether oxygens (including phenoxy) is 1. The molecule has 0 atom stereocenters. The highest BCUT2D eigenvalue weighted by Gasteiger charge is 2.14. The molecule has 2 aromatic rings. The number of aliphatic hydroxyl groups excluding tert-OH is 1. The fraction of sp³-hybridized carbons (Fsp3) is 0.0714. The number of nitrogens with zero attached hydrogens (tertiary/aromatic N) is 2. The lowest BCUT2D eigenvalue weighted by molar-refractivity contribution is -0.385. The SMILES string of the molecule is N#Cc1cc(Oc2cccc(CO)c2)ccc1[N+](=O)[O-]. The largest absolute Gasteiger partial charge is 0.457 e. The highest BCUT2D eigenvalue weighted by atomic mass is 16.6. The molecular weight excluding hydrogens is 260 g/mol. The summed E-state index contributed by atoms with van der Waals surface area (Å²) >= 11 is 0. The van der Waals surface area contributed by atoms with Crippen LogP contribution in [-0.4, -0.2) is 10.0 Å². The molecule has 0 amide bonds. The Morgan fingerprint density at radius 1 is 1.25 bits per heavy atom. The summed E-state index contributed by atoms with van der Waals surface area (Å²) in [6.45, 7) is -0.110. The van der Waals surface area contributed by atoms with E-state index in [9.17, 15) is 10.1 Å². The third kappa shape index (κ3) is 2.91. The molecule has 2 rings (SSSR count). The Hall–Kier alpha value is -2.91. The predicted octanol–water partition coefficient (Wildman–Crippen LogP) is 2.75. The van der Waals surface area contributed by atoms with Crippen LogP contribution in [0.15, 0.2) is 42.5 Å². The molecule has 2 aromatic carbocycles. The Balaban J connectivity index is 2.30. The molecule has 0 aliphatic rings. The molecule has 6 heteroatoms. The van der Waals surface area contributed by atoms with Crippen molar-refractivity contribution in [1.82, 2.24) is 0 Å². The van der Waals surface area contributed by atoms with E-state index in [1.807, 2.05) is 0 Å². The lowest BCUT2D eigenvalue weighted by atomic mass is 10.2. The number of nitriles is 1. The molecule has 0 radical (unpaired) electrons.